The fraction of sp³-hybridized carbons (Fsp3) is 0.333. The molecular weight excluding hydrogens is 352 g/mol. The van der Waals surface area contributed by atoms with Gasteiger partial charge in [-0.15, -0.1) is 0 Å². The van der Waals surface area contributed by atoms with E-state index in [9.17, 15) is 8.42 Å². The van der Waals surface area contributed by atoms with Crippen molar-refractivity contribution < 1.29 is 12.8 Å². The van der Waals surface area contributed by atoms with E-state index in [1.165, 1.54) is 0 Å². The van der Waals surface area contributed by atoms with E-state index in [1.54, 1.807) is 38.5 Å². The lowest BCUT2D eigenvalue weighted by atomic mass is 10.1. The minimum Gasteiger partial charge on any atom is -0.441 e. The third-order valence-corrected chi connectivity index (χ3v) is 5.98. The van der Waals surface area contributed by atoms with Gasteiger partial charge in [0.15, 0.2) is 11.7 Å². The van der Waals surface area contributed by atoms with Crippen molar-refractivity contribution >= 4 is 10.0 Å². The Morgan fingerprint density at radius 1 is 1.15 bits per heavy atom. The summed E-state index contributed by atoms with van der Waals surface area (Å²) in [6.45, 7) is 8.21. The van der Waals surface area contributed by atoms with Gasteiger partial charge in [-0.25, -0.2) is 23.1 Å². The van der Waals surface area contributed by atoms with E-state index in [0.29, 0.717) is 29.3 Å². The first-order valence-electron chi connectivity index (χ1n) is 8.29. The normalized spacial score (nSPS) is 11.8. The quantitative estimate of drug-likeness (QED) is 0.716. The van der Waals surface area contributed by atoms with E-state index in [4.69, 9.17) is 4.42 Å². The maximum Gasteiger partial charge on any atom is 0.240 e. The minimum absolute atomic E-state index is 0.239. The van der Waals surface area contributed by atoms with Crippen molar-refractivity contribution in [2.45, 2.75) is 39.1 Å². The first-order chi connectivity index (χ1) is 12.3. The van der Waals surface area contributed by atoms with Gasteiger partial charge in [0, 0.05) is 31.3 Å². The van der Waals surface area contributed by atoms with Gasteiger partial charge in [0.1, 0.15) is 0 Å². The summed E-state index contributed by atoms with van der Waals surface area (Å²) in [4.78, 5) is 8.52. The number of sulfonamides is 1. The van der Waals surface area contributed by atoms with Gasteiger partial charge in [0.25, 0.3) is 0 Å². The van der Waals surface area contributed by atoms with Crippen LogP contribution >= 0.6 is 0 Å². The molecule has 7 nitrogen and oxygen atoms in total. The average molecular weight is 374 g/mol. The highest BCUT2D eigenvalue weighted by atomic mass is 32.2. The summed E-state index contributed by atoms with van der Waals surface area (Å²) in [5.41, 5.74) is 3.33. The lowest BCUT2D eigenvalue weighted by Gasteiger charge is -2.11. The van der Waals surface area contributed by atoms with Crippen LogP contribution in [0.3, 0.4) is 0 Å². The number of imidazole rings is 1. The molecule has 0 atom stereocenters. The Kier molecular flexibility index (Phi) is 4.97. The Balaban J connectivity index is 1.79. The molecule has 2 aromatic heterocycles. The molecule has 0 unspecified atom stereocenters. The van der Waals surface area contributed by atoms with Crippen molar-refractivity contribution in [3.8, 4) is 11.3 Å². The number of aryl methyl sites for hydroxylation is 3. The molecule has 0 saturated carbocycles. The molecule has 0 saturated heterocycles. The van der Waals surface area contributed by atoms with E-state index in [-0.39, 0.29) is 11.4 Å². The van der Waals surface area contributed by atoms with Gasteiger partial charge in [-0.2, -0.15) is 0 Å². The van der Waals surface area contributed by atoms with Crippen LogP contribution in [0.2, 0.25) is 0 Å². The van der Waals surface area contributed by atoms with E-state index in [1.807, 2.05) is 24.5 Å². The largest absolute Gasteiger partial charge is 0.441 e. The molecule has 0 bridgehead atoms. The molecule has 8 heteroatoms. The molecule has 0 radical (unpaired) electrons. The Hall–Kier alpha value is -2.45. The van der Waals surface area contributed by atoms with Gasteiger partial charge >= 0.3 is 0 Å². The van der Waals surface area contributed by atoms with Crippen LogP contribution in [-0.2, 0) is 16.6 Å². The average Bonchev–Trinajstić information content (AvgIpc) is 3.15. The fourth-order valence-corrected chi connectivity index (χ4v) is 3.98. The van der Waals surface area contributed by atoms with Crippen molar-refractivity contribution in [1.82, 2.24) is 19.3 Å². The van der Waals surface area contributed by atoms with E-state index < -0.39 is 10.0 Å². The van der Waals surface area contributed by atoms with E-state index >= 15 is 0 Å². The molecule has 0 aliphatic rings. The molecule has 0 fully saturated rings. The van der Waals surface area contributed by atoms with E-state index in [0.717, 1.165) is 11.4 Å². The predicted molar refractivity (Wildman–Crippen MR) is 98.3 cm³/mol. The Morgan fingerprint density at radius 2 is 1.92 bits per heavy atom. The van der Waals surface area contributed by atoms with Gasteiger partial charge < -0.3 is 8.98 Å². The molecule has 0 amide bonds. The first kappa shape index (κ1) is 18.3. The Morgan fingerprint density at radius 3 is 2.54 bits per heavy atom. The summed E-state index contributed by atoms with van der Waals surface area (Å²) >= 11 is 0. The molecule has 3 rings (SSSR count). The van der Waals surface area contributed by atoms with Gasteiger partial charge in [0.2, 0.25) is 10.0 Å². The number of aromatic nitrogens is 3. The van der Waals surface area contributed by atoms with Gasteiger partial charge in [0.05, 0.1) is 23.1 Å². The topological polar surface area (TPSA) is 90.0 Å². The van der Waals surface area contributed by atoms with Crippen LogP contribution in [0.4, 0.5) is 0 Å². The third kappa shape index (κ3) is 3.71. The first-order valence-corrected chi connectivity index (χ1v) is 9.77. The van der Waals surface area contributed by atoms with Crippen LogP contribution in [-0.4, -0.2) is 29.5 Å². The lowest BCUT2D eigenvalue weighted by molar-refractivity contribution is 0.534. The molecule has 0 aliphatic heterocycles. The standard InChI is InChI=1S/C18H22N4O3S/c1-12-5-6-16(17-10-19-15(4)25-17)9-18(12)26(23,24)21-7-8-22-11-20-13(2)14(22)3/h5-6,9-11,21H,7-8H2,1-4H3. The number of nitrogens with zero attached hydrogens (tertiary/aromatic N) is 3. The highest BCUT2D eigenvalue weighted by Crippen LogP contribution is 2.25. The molecule has 0 aliphatic carbocycles. The number of hydrogen-bond donors (Lipinski definition) is 1. The molecule has 138 valence electrons. The monoisotopic (exact) mass is 374 g/mol. The minimum atomic E-state index is -3.64. The van der Waals surface area contributed by atoms with E-state index in [2.05, 4.69) is 14.7 Å². The summed E-state index contributed by atoms with van der Waals surface area (Å²) in [6.07, 6.45) is 3.31. The van der Waals surface area contributed by atoms with Gasteiger partial charge in [-0.05, 0) is 32.4 Å². The highest BCUT2D eigenvalue weighted by molar-refractivity contribution is 7.89. The summed E-state index contributed by atoms with van der Waals surface area (Å²) in [6, 6.07) is 5.21. The number of oxazole rings is 1. The van der Waals surface area contributed by atoms with Crippen LogP contribution in [0.5, 0.6) is 0 Å². The number of rotatable bonds is 6. The van der Waals surface area contributed by atoms with Crippen molar-refractivity contribution in [1.29, 1.82) is 0 Å². The zero-order valence-corrected chi connectivity index (χ0v) is 16.1. The summed E-state index contributed by atoms with van der Waals surface area (Å²) in [7, 11) is -3.64. The smallest absolute Gasteiger partial charge is 0.240 e. The van der Waals surface area contributed by atoms with Crippen molar-refractivity contribution in [2.75, 3.05) is 6.54 Å². The number of nitrogens with one attached hydrogen (secondary N) is 1. The van der Waals surface area contributed by atoms with Gasteiger partial charge in [-0.1, -0.05) is 12.1 Å². The van der Waals surface area contributed by atoms with Crippen molar-refractivity contribution in [2.24, 2.45) is 0 Å². The second kappa shape index (κ2) is 7.05. The van der Waals surface area contributed by atoms with Crippen LogP contribution < -0.4 is 4.72 Å². The Bertz CT molecular complexity index is 1030. The summed E-state index contributed by atoms with van der Waals surface area (Å²) in [5.74, 6) is 1.08. The molecule has 1 N–H and O–H groups in total. The molecular formula is C18H22N4O3S. The Labute approximate surface area is 153 Å². The second-order valence-electron chi connectivity index (χ2n) is 6.23. The lowest BCUT2D eigenvalue weighted by Crippen LogP contribution is -2.28. The van der Waals surface area contributed by atoms with Crippen molar-refractivity contribution in [3.63, 3.8) is 0 Å². The van der Waals surface area contributed by atoms with Gasteiger partial charge in [-0.3, -0.25) is 0 Å². The maximum atomic E-state index is 12.7. The zero-order chi connectivity index (χ0) is 18.9. The highest BCUT2D eigenvalue weighted by Gasteiger charge is 2.18. The van der Waals surface area contributed by atoms with Crippen LogP contribution in [0.25, 0.3) is 11.3 Å². The third-order valence-electron chi connectivity index (χ3n) is 4.37. The number of hydrogen-bond acceptors (Lipinski definition) is 5. The number of benzene rings is 1. The van der Waals surface area contributed by atoms with Crippen LogP contribution in [0.1, 0.15) is 22.8 Å². The second-order valence-corrected chi connectivity index (χ2v) is 7.97. The van der Waals surface area contributed by atoms with Crippen molar-refractivity contribution in [3.05, 3.63) is 53.6 Å². The molecule has 3 aromatic rings. The van der Waals surface area contributed by atoms with Crippen LogP contribution in [0, 0.1) is 27.7 Å². The molecule has 26 heavy (non-hydrogen) atoms. The maximum absolute atomic E-state index is 12.7. The predicted octanol–water partition coefficient (Wildman–Crippen LogP) is 2.75. The SMILES string of the molecule is Cc1ncc(-c2ccc(C)c(S(=O)(=O)NCCn3cnc(C)c3C)c2)o1. The fourth-order valence-electron chi connectivity index (χ4n) is 2.69. The zero-order valence-electron chi connectivity index (χ0n) is 15.3. The van der Waals surface area contributed by atoms with Crippen LogP contribution in [0.15, 0.2) is 40.0 Å². The summed E-state index contributed by atoms with van der Waals surface area (Å²) < 4.78 is 35.6. The molecule has 0 spiro atoms. The molecule has 1 aromatic carbocycles. The molecule has 2 heterocycles. The summed E-state index contributed by atoms with van der Waals surface area (Å²) in [5, 5.41) is 0.